The van der Waals surface area contributed by atoms with Crippen molar-refractivity contribution in [2.24, 2.45) is 0 Å². The molecule has 0 amide bonds. The third kappa shape index (κ3) is 2.79. The second-order valence-corrected chi connectivity index (χ2v) is 4.58. The highest BCUT2D eigenvalue weighted by Gasteiger charge is 2.09. The van der Waals surface area contributed by atoms with E-state index in [1.165, 1.54) is 42.6 Å². The van der Waals surface area contributed by atoms with Crippen molar-refractivity contribution in [2.45, 2.75) is 0 Å². The van der Waals surface area contributed by atoms with E-state index in [0.29, 0.717) is 11.1 Å². The van der Waals surface area contributed by atoms with E-state index < -0.39 is 5.95 Å². The Bertz CT molecular complexity index is 765. The molecule has 104 valence electrons. The number of rotatable bonds is 2. The van der Waals surface area contributed by atoms with Crippen molar-refractivity contribution in [3.63, 3.8) is 0 Å². The van der Waals surface area contributed by atoms with E-state index in [0.717, 1.165) is 5.56 Å². The fraction of sp³-hybridized carbons (Fsp3) is 0. The molecule has 0 saturated heterocycles. The van der Waals surface area contributed by atoms with Crippen molar-refractivity contribution >= 4 is 0 Å². The van der Waals surface area contributed by atoms with Crippen LogP contribution in [0.3, 0.4) is 0 Å². The van der Waals surface area contributed by atoms with Crippen LogP contribution in [0.5, 0.6) is 0 Å². The Morgan fingerprint density at radius 2 is 1.14 bits per heavy atom. The van der Waals surface area contributed by atoms with Gasteiger partial charge < -0.3 is 0 Å². The van der Waals surface area contributed by atoms with E-state index in [-0.39, 0.29) is 17.2 Å². The van der Waals surface area contributed by atoms with E-state index in [9.17, 15) is 13.2 Å². The highest BCUT2D eigenvalue weighted by molar-refractivity contribution is 5.72. The molecular formula is C17H10F3N. The largest absolute Gasteiger partial charge is 0.227 e. The molecule has 3 aromatic rings. The van der Waals surface area contributed by atoms with Crippen LogP contribution in [-0.4, -0.2) is 4.98 Å². The van der Waals surface area contributed by atoms with Gasteiger partial charge in [0.2, 0.25) is 5.95 Å². The number of halogens is 3. The van der Waals surface area contributed by atoms with Gasteiger partial charge in [-0.25, -0.2) is 13.8 Å². The zero-order chi connectivity index (χ0) is 14.8. The molecule has 1 heterocycles. The van der Waals surface area contributed by atoms with E-state index in [1.54, 1.807) is 18.2 Å². The number of benzene rings is 2. The fourth-order valence-corrected chi connectivity index (χ4v) is 2.08. The summed E-state index contributed by atoms with van der Waals surface area (Å²) in [7, 11) is 0. The average molecular weight is 285 g/mol. The first-order valence-electron chi connectivity index (χ1n) is 6.31. The van der Waals surface area contributed by atoms with Crippen LogP contribution in [0.1, 0.15) is 0 Å². The second kappa shape index (κ2) is 5.40. The number of hydrogen-bond acceptors (Lipinski definition) is 1. The Kier molecular flexibility index (Phi) is 3.44. The van der Waals surface area contributed by atoms with Crippen LogP contribution in [0.4, 0.5) is 13.2 Å². The number of nitrogens with zero attached hydrogens (tertiary/aromatic N) is 1. The molecule has 3 rings (SSSR count). The van der Waals surface area contributed by atoms with Crippen molar-refractivity contribution in [1.82, 2.24) is 4.98 Å². The number of hydrogen-bond donors (Lipinski definition) is 0. The van der Waals surface area contributed by atoms with Gasteiger partial charge in [-0.2, -0.15) is 4.39 Å². The third-order valence-electron chi connectivity index (χ3n) is 3.17. The lowest BCUT2D eigenvalue weighted by Gasteiger charge is -2.07. The van der Waals surface area contributed by atoms with Gasteiger partial charge >= 0.3 is 0 Å². The molecule has 0 aliphatic rings. The van der Waals surface area contributed by atoms with Gasteiger partial charge in [-0.05, 0) is 41.5 Å². The summed E-state index contributed by atoms with van der Waals surface area (Å²) in [4.78, 5) is 3.72. The maximum atomic E-state index is 13.9. The van der Waals surface area contributed by atoms with Crippen LogP contribution in [0.25, 0.3) is 22.3 Å². The molecule has 0 radical (unpaired) electrons. The summed E-state index contributed by atoms with van der Waals surface area (Å²) in [5.41, 5.74) is 2.20. The molecule has 21 heavy (non-hydrogen) atoms. The first-order chi connectivity index (χ1) is 10.1. The van der Waals surface area contributed by atoms with Gasteiger partial charge in [0.25, 0.3) is 0 Å². The molecule has 2 aromatic carbocycles. The molecule has 0 spiro atoms. The third-order valence-corrected chi connectivity index (χ3v) is 3.17. The van der Waals surface area contributed by atoms with Gasteiger partial charge in [-0.15, -0.1) is 0 Å². The van der Waals surface area contributed by atoms with Crippen LogP contribution < -0.4 is 0 Å². The minimum Gasteiger partial charge on any atom is -0.227 e. The van der Waals surface area contributed by atoms with Gasteiger partial charge in [-0.1, -0.05) is 24.3 Å². The predicted molar refractivity (Wildman–Crippen MR) is 75.0 cm³/mol. The molecule has 0 unspecified atom stereocenters. The van der Waals surface area contributed by atoms with Crippen LogP contribution in [0.15, 0.2) is 60.8 Å². The molecule has 0 N–H and O–H groups in total. The Labute approximate surface area is 119 Å². The molecule has 0 saturated carbocycles. The molecule has 0 aliphatic heterocycles. The summed E-state index contributed by atoms with van der Waals surface area (Å²) < 4.78 is 39.7. The maximum absolute atomic E-state index is 13.9. The minimum absolute atomic E-state index is 0.275. The standard InChI is InChI=1S/C17H10F3N/c18-14-5-1-11(2-6-14)13-9-16(17(20)21-10-13)12-3-7-15(19)8-4-12/h1-10H. The van der Waals surface area contributed by atoms with E-state index >= 15 is 0 Å². The second-order valence-electron chi connectivity index (χ2n) is 4.58. The van der Waals surface area contributed by atoms with E-state index in [2.05, 4.69) is 4.98 Å². The lowest BCUT2D eigenvalue weighted by atomic mass is 10.0. The van der Waals surface area contributed by atoms with Crippen molar-refractivity contribution in [3.8, 4) is 22.3 Å². The lowest BCUT2D eigenvalue weighted by molar-refractivity contribution is 0.587. The number of aromatic nitrogens is 1. The molecule has 0 fully saturated rings. The average Bonchev–Trinajstić information content (AvgIpc) is 2.50. The monoisotopic (exact) mass is 285 g/mol. The summed E-state index contributed by atoms with van der Waals surface area (Å²) in [6, 6.07) is 13.0. The number of pyridine rings is 1. The first kappa shape index (κ1) is 13.4. The molecule has 0 atom stereocenters. The Hall–Kier alpha value is -2.62. The van der Waals surface area contributed by atoms with Crippen LogP contribution in [0, 0.1) is 17.6 Å². The van der Waals surface area contributed by atoms with E-state index in [1.807, 2.05) is 0 Å². The first-order valence-corrected chi connectivity index (χ1v) is 6.31. The Balaban J connectivity index is 2.07. The van der Waals surface area contributed by atoms with Crippen molar-refractivity contribution in [1.29, 1.82) is 0 Å². The fourth-order valence-electron chi connectivity index (χ4n) is 2.08. The van der Waals surface area contributed by atoms with Crippen molar-refractivity contribution < 1.29 is 13.2 Å². The summed E-state index contributed by atoms with van der Waals surface area (Å²) in [5, 5.41) is 0. The van der Waals surface area contributed by atoms with Gasteiger partial charge in [0.15, 0.2) is 0 Å². The minimum atomic E-state index is -0.632. The normalized spacial score (nSPS) is 10.6. The summed E-state index contributed by atoms with van der Waals surface area (Å²) >= 11 is 0. The van der Waals surface area contributed by atoms with Crippen molar-refractivity contribution in [3.05, 3.63) is 78.4 Å². The molecule has 0 bridgehead atoms. The summed E-state index contributed by atoms with van der Waals surface area (Å²) in [6.07, 6.45) is 1.38. The van der Waals surface area contributed by atoms with Gasteiger partial charge in [-0.3, -0.25) is 0 Å². The quantitative estimate of drug-likeness (QED) is 0.614. The summed E-state index contributed by atoms with van der Waals surface area (Å²) in [6.45, 7) is 0. The maximum Gasteiger partial charge on any atom is 0.220 e. The Morgan fingerprint density at radius 1 is 0.619 bits per heavy atom. The predicted octanol–water partition coefficient (Wildman–Crippen LogP) is 4.83. The SMILES string of the molecule is Fc1ccc(-c2cnc(F)c(-c3ccc(F)cc3)c2)cc1. The molecule has 0 aliphatic carbocycles. The molecule has 4 heteroatoms. The van der Waals surface area contributed by atoms with Gasteiger partial charge in [0.05, 0.1) is 0 Å². The van der Waals surface area contributed by atoms with Crippen molar-refractivity contribution in [2.75, 3.05) is 0 Å². The van der Waals surface area contributed by atoms with Crippen LogP contribution in [-0.2, 0) is 0 Å². The van der Waals surface area contributed by atoms with Gasteiger partial charge in [0.1, 0.15) is 11.6 Å². The zero-order valence-electron chi connectivity index (χ0n) is 10.9. The van der Waals surface area contributed by atoms with Gasteiger partial charge in [0, 0.05) is 17.3 Å². The molecular weight excluding hydrogens is 275 g/mol. The summed E-state index contributed by atoms with van der Waals surface area (Å²) in [5.74, 6) is -1.36. The zero-order valence-corrected chi connectivity index (χ0v) is 10.9. The highest BCUT2D eigenvalue weighted by Crippen LogP contribution is 2.27. The van der Waals surface area contributed by atoms with Crippen LogP contribution in [0.2, 0.25) is 0 Å². The molecule has 1 nitrogen and oxygen atoms in total. The lowest BCUT2D eigenvalue weighted by Crippen LogP contribution is -1.91. The topological polar surface area (TPSA) is 12.9 Å². The smallest absolute Gasteiger partial charge is 0.220 e. The molecule has 1 aromatic heterocycles. The van der Waals surface area contributed by atoms with E-state index in [4.69, 9.17) is 0 Å². The van der Waals surface area contributed by atoms with Crippen LogP contribution >= 0.6 is 0 Å². The highest BCUT2D eigenvalue weighted by atomic mass is 19.1. The Morgan fingerprint density at radius 3 is 1.71 bits per heavy atom.